The molecule has 0 saturated heterocycles. The van der Waals surface area contributed by atoms with Gasteiger partial charge in [-0.3, -0.25) is 4.79 Å². The summed E-state index contributed by atoms with van der Waals surface area (Å²) in [5, 5.41) is 2.83. The summed E-state index contributed by atoms with van der Waals surface area (Å²) in [5.41, 5.74) is 7.81. The molecule has 1 amide bonds. The van der Waals surface area contributed by atoms with Crippen molar-refractivity contribution in [2.75, 3.05) is 5.73 Å². The van der Waals surface area contributed by atoms with Crippen LogP contribution in [0.15, 0.2) is 36.5 Å². The molecule has 0 radical (unpaired) electrons. The Morgan fingerprint density at radius 1 is 1.35 bits per heavy atom. The van der Waals surface area contributed by atoms with Crippen LogP contribution in [0.4, 0.5) is 10.1 Å². The van der Waals surface area contributed by atoms with E-state index in [-0.39, 0.29) is 11.7 Å². The summed E-state index contributed by atoms with van der Waals surface area (Å²) in [6.45, 7) is 0.370. The number of nitrogen functional groups attached to an aromatic ring is 1. The number of halogens is 1. The zero-order valence-electron chi connectivity index (χ0n) is 11.0. The van der Waals surface area contributed by atoms with Gasteiger partial charge in [0, 0.05) is 18.8 Å². The second-order valence-electron chi connectivity index (χ2n) is 5.11. The largest absolute Gasteiger partial charge is 0.397 e. The fraction of sp³-hybridized carbons (Fsp3) is 0.267. The molecule has 0 bridgehead atoms. The highest BCUT2D eigenvalue weighted by atomic mass is 19.1. The lowest BCUT2D eigenvalue weighted by Crippen LogP contribution is -2.25. The Morgan fingerprint density at radius 2 is 2.05 bits per heavy atom. The molecule has 0 spiro atoms. The zero-order valence-corrected chi connectivity index (χ0v) is 11.0. The first-order valence-electron chi connectivity index (χ1n) is 6.63. The molecule has 5 heteroatoms. The molecule has 1 aliphatic rings. The van der Waals surface area contributed by atoms with Crippen LogP contribution in [0.2, 0.25) is 0 Å². The van der Waals surface area contributed by atoms with E-state index in [0.717, 1.165) is 18.4 Å². The molecule has 1 aromatic heterocycles. The molecule has 3 rings (SSSR count). The first-order chi connectivity index (χ1) is 9.63. The number of amides is 1. The maximum absolute atomic E-state index is 12.8. The van der Waals surface area contributed by atoms with Gasteiger partial charge in [-0.2, -0.15) is 0 Å². The first-order valence-corrected chi connectivity index (χ1v) is 6.63. The highest BCUT2D eigenvalue weighted by Crippen LogP contribution is 2.37. The molecule has 2 aromatic rings. The van der Waals surface area contributed by atoms with E-state index in [4.69, 9.17) is 5.73 Å². The minimum Gasteiger partial charge on any atom is -0.397 e. The number of hydrogen-bond acceptors (Lipinski definition) is 2. The Bertz CT molecular complexity index is 629. The van der Waals surface area contributed by atoms with Crippen LogP contribution in [0.5, 0.6) is 0 Å². The Labute approximate surface area is 116 Å². The summed E-state index contributed by atoms with van der Waals surface area (Å²) in [5.74, 6) is -0.437. The highest BCUT2D eigenvalue weighted by molar-refractivity contribution is 5.93. The molecule has 0 unspecified atom stereocenters. The molecule has 1 fully saturated rings. The monoisotopic (exact) mass is 273 g/mol. The fourth-order valence-electron chi connectivity index (χ4n) is 2.21. The second-order valence-corrected chi connectivity index (χ2v) is 5.11. The van der Waals surface area contributed by atoms with Gasteiger partial charge in [0.05, 0.1) is 5.69 Å². The normalized spacial score (nSPS) is 14.2. The lowest BCUT2D eigenvalue weighted by Gasteiger charge is -2.08. The van der Waals surface area contributed by atoms with Gasteiger partial charge in [-0.15, -0.1) is 0 Å². The van der Waals surface area contributed by atoms with Crippen LogP contribution in [-0.2, 0) is 6.54 Å². The number of aromatic nitrogens is 1. The number of carbonyl (C=O) groups is 1. The Kier molecular flexibility index (Phi) is 3.18. The predicted molar refractivity (Wildman–Crippen MR) is 74.7 cm³/mol. The van der Waals surface area contributed by atoms with Gasteiger partial charge >= 0.3 is 0 Å². The summed E-state index contributed by atoms with van der Waals surface area (Å²) in [4.78, 5) is 12.2. The van der Waals surface area contributed by atoms with Gasteiger partial charge in [-0.1, -0.05) is 12.1 Å². The van der Waals surface area contributed by atoms with Crippen molar-refractivity contribution in [3.8, 4) is 0 Å². The molecule has 0 atom stereocenters. The molecule has 20 heavy (non-hydrogen) atoms. The molecule has 4 nitrogen and oxygen atoms in total. The van der Waals surface area contributed by atoms with Crippen LogP contribution in [-0.4, -0.2) is 10.5 Å². The summed E-state index contributed by atoms with van der Waals surface area (Å²) in [7, 11) is 0. The average molecular weight is 273 g/mol. The Hall–Kier alpha value is -2.30. The average Bonchev–Trinajstić information content (AvgIpc) is 3.20. The van der Waals surface area contributed by atoms with Crippen LogP contribution in [0.25, 0.3) is 0 Å². The van der Waals surface area contributed by atoms with E-state index in [1.807, 2.05) is 10.8 Å². The smallest absolute Gasteiger partial charge is 0.268 e. The number of anilines is 1. The standard InChI is InChI=1S/C15H16FN3O/c16-11-3-1-10(2-4-11)8-18-15(20)14-7-12(17)9-19(14)13-5-6-13/h1-4,7,9,13H,5-6,8,17H2,(H,18,20). The quantitative estimate of drug-likeness (QED) is 0.899. The fourth-order valence-corrected chi connectivity index (χ4v) is 2.21. The van der Waals surface area contributed by atoms with Crippen molar-refractivity contribution in [3.63, 3.8) is 0 Å². The van der Waals surface area contributed by atoms with Crippen molar-refractivity contribution < 1.29 is 9.18 Å². The van der Waals surface area contributed by atoms with Gasteiger partial charge in [0.15, 0.2) is 0 Å². The van der Waals surface area contributed by atoms with Gasteiger partial charge < -0.3 is 15.6 Å². The number of nitrogens with one attached hydrogen (secondary N) is 1. The van der Waals surface area contributed by atoms with Crippen molar-refractivity contribution >= 4 is 11.6 Å². The molecule has 1 aromatic carbocycles. The third-order valence-corrected chi connectivity index (χ3v) is 3.41. The van der Waals surface area contributed by atoms with Crippen LogP contribution in [0.1, 0.15) is 34.9 Å². The molecule has 1 heterocycles. The van der Waals surface area contributed by atoms with Crippen molar-refractivity contribution in [2.24, 2.45) is 0 Å². The number of hydrogen-bond donors (Lipinski definition) is 2. The minimum atomic E-state index is -0.282. The van der Waals surface area contributed by atoms with Gasteiger partial charge in [-0.05, 0) is 36.6 Å². The van der Waals surface area contributed by atoms with Crippen LogP contribution in [0.3, 0.4) is 0 Å². The van der Waals surface area contributed by atoms with Gasteiger partial charge in [0.25, 0.3) is 5.91 Å². The van der Waals surface area contributed by atoms with Crippen molar-refractivity contribution in [3.05, 3.63) is 53.6 Å². The van der Waals surface area contributed by atoms with Crippen molar-refractivity contribution in [2.45, 2.75) is 25.4 Å². The summed E-state index contributed by atoms with van der Waals surface area (Å²) in [6, 6.07) is 8.17. The first kappa shape index (κ1) is 12.7. The molecule has 104 valence electrons. The molecule has 0 aliphatic heterocycles. The second kappa shape index (κ2) is 5.00. The van der Waals surface area contributed by atoms with E-state index in [9.17, 15) is 9.18 Å². The number of nitrogens with zero attached hydrogens (tertiary/aromatic N) is 1. The molecular weight excluding hydrogens is 257 g/mol. The third-order valence-electron chi connectivity index (χ3n) is 3.41. The number of nitrogens with two attached hydrogens (primary N) is 1. The van der Waals surface area contributed by atoms with Crippen molar-refractivity contribution in [1.29, 1.82) is 0 Å². The SMILES string of the molecule is Nc1cc(C(=O)NCc2ccc(F)cc2)n(C2CC2)c1. The van der Waals surface area contributed by atoms with E-state index in [0.29, 0.717) is 24.0 Å². The van der Waals surface area contributed by atoms with Gasteiger partial charge in [0.1, 0.15) is 11.5 Å². The minimum absolute atomic E-state index is 0.155. The van der Waals surface area contributed by atoms with Crippen LogP contribution in [0, 0.1) is 5.82 Å². The third kappa shape index (κ3) is 2.66. The predicted octanol–water partition coefficient (Wildman–Crippen LogP) is 2.47. The molecule has 1 aliphatic carbocycles. The van der Waals surface area contributed by atoms with E-state index < -0.39 is 0 Å². The molecular formula is C15H16FN3O. The van der Waals surface area contributed by atoms with Crippen molar-refractivity contribution in [1.82, 2.24) is 9.88 Å². The van der Waals surface area contributed by atoms with Gasteiger partial charge in [0.2, 0.25) is 0 Å². The van der Waals surface area contributed by atoms with E-state index >= 15 is 0 Å². The summed E-state index contributed by atoms with van der Waals surface area (Å²) in [6.07, 6.45) is 3.99. The highest BCUT2D eigenvalue weighted by Gasteiger charge is 2.27. The number of carbonyl (C=O) groups excluding carboxylic acids is 1. The van der Waals surface area contributed by atoms with Gasteiger partial charge in [-0.25, -0.2) is 4.39 Å². The summed E-state index contributed by atoms with van der Waals surface area (Å²) < 4.78 is 14.7. The Morgan fingerprint density at radius 3 is 2.70 bits per heavy atom. The molecule has 3 N–H and O–H groups in total. The summed E-state index contributed by atoms with van der Waals surface area (Å²) >= 11 is 0. The van der Waals surface area contributed by atoms with E-state index in [2.05, 4.69) is 5.32 Å². The van der Waals surface area contributed by atoms with E-state index in [1.165, 1.54) is 12.1 Å². The van der Waals surface area contributed by atoms with E-state index in [1.54, 1.807) is 18.2 Å². The zero-order chi connectivity index (χ0) is 14.1. The topological polar surface area (TPSA) is 60.1 Å². The van der Waals surface area contributed by atoms with Crippen LogP contribution >= 0.6 is 0 Å². The number of rotatable bonds is 4. The lowest BCUT2D eigenvalue weighted by atomic mass is 10.2. The maximum atomic E-state index is 12.8. The van der Waals surface area contributed by atoms with Crippen LogP contribution < -0.4 is 11.1 Å². The lowest BCUT2D eigenvalue weighted by molar-refractivity contribution is 0.0941. The Balaban J connectivity index is 1.68. The molecule has 1 saturated carbocycles. The maximum Gasteiger partial charge on any atom is 0.268 e. The number of benzene rings is 1.